The summed E-state index contributed by atoms with van der Waals surface area (Å²) in [5.74, 6) is -0.590. The number of amidine groups is 1. The number of amides is 1. The fourth-order valence-corrected chi connectivity index (χ4v) is 6.73. The highest BCUT2D eigenvalue weighted by Gasteiger charge is 2.63. The third-order valence-corrected chi connectivity index (χ3v) is 7.81. The Morgan fingerprint density at radius 2 is 2.39 bits per heavy atom. The van der Waals surface area contributed by atoms with E-state index in [4.69, 9.17) is 0 Å². The van der Waals surface area contributed by atoms with E-state index in [0.29, 0.717) is 13.1 Å². The summed E-state index contributed by atoms with van der Waals surface area (Å²) in [6.07, 6.45) is 0.0929. The third-order valence-electron chi connectivity index (χ3n) is 4.43. The molecule has 0 bridgehead atoms. The highest BCUT2D eigenvalue weighted by Crippen LogP contribution is 2.56. The quantitative estimate of drug-likeness (QED) is 0.602. The SMILES string of the molecule is CCC1=NCC(SC2(C(=O)O)CN3C(=O)C(C(C)O)[C@H]3S2)CN1. The first kappa shape index (κ1) is 16.9. The average Bonchev–Trinajstić information content (AvgIpc) is 2.83. The predicted octanol–water partition coefficient (Wildman–Crippen LogP) is 0.193. The van der Waals surface area contributed by atoms with Crippen LogP contribution in [0.1, 0.15) is 20.3 Å². The average molecular weight is 359 g/mol. The smallest absolute Gasteiger partial charge is 0.332 e. The number of β-lactam (4-membered cyclic amide) rings is 1. The number of aliphatic imine (C=N–C) groups is 1. The Hall–Kier alpha value is -0.930. The van der Waals surface area contributed by atoms with E-state index < -0.39 is 22.1 Å². The lowest BCUT2D eigenvalue weighted by atomic mass is 9.93. The molecule has 7 nitrogen and oxygen atoms in total. The Kier molecular flexibility index (Phi) is 4.54. The number of carboxylic acids is 1. The van der Waals surface area contributed by atoms with Crippen LogP contribution in [0.4, 0.5) is 0 Å². The first-order valence-corrected chi connectivity index (χ1v) is 9.48. The second-order valence-corrected chi connectivity index (χ2v) is 9.33. The number of aliphatic hydroxyl groups excluding tert-OH is 1. The summed E-state index contributed by atoms with van der Waals surface area (Å²) in [6, 6.07) is 0. The number of rotatable bonds is 5. The number of aliphatic carboxylic acids is 1. The number of carbonyl (C=O) groups excluding carboxylic acids is 1. The Bertz CT molecular complexity index is 556. The van der Waals surface area contributed by atoms with Crippen LogP contribution in [0.15, 0.2) is 4.99 Å². The fraction of sp³-hybridized carbons (Fsp3) is 0.786. The Labute approximate surface area is 143 Å². The zero-order valence-electron chi connectivity index (χ0n) is 13.1. The lowest BCUT2D eigenvalue weighted by Gasteiger charge is -2.42. The van der Waals surface area contributed by atoms with Gasteiger partial charge in [-0.15, -0.1) is 23.5 Å². The third kappa shape index (κ3) is 2.83. The minimum Gasteiger partial charge on any atom is -0.480 e. The van der Waals surface area contributed by atoms with Crippen molar-refractivity contribution in [1.29, 1.82) is 0 Å². The van der Waals surface area contributed by atoms with Gasteiger partial charge in [-0.2, -0.15) is 0 Å². The summed E-state index contributed by atoms with van der Waals surface area (Å²) >= 11 is 2.67. The predicted molar refractivity (Wildman–Crippen MR) is 90.6 cm³/mol. The Morgan fingerprint density at radius 1 is 1.65 bits per heavy atom. The second kappa shape index (κ2) is 6.18. The summed E-state index contributed by atoms with van der Waals surface area (Å²) in [5.41, 5.74) is 0. The number of hydrogen-bond donors (Lipinski definition) is 3. The van der Waals surface area contributed by atoms with E-state index in [2.05, 4.69) is 10.3 Å². The minimum atomic E-state index is -1.07. The topological polar surface area (TPSA) is 102 Å². The molecule has 0 aromatic carbocycles. The molecule has 0 aliphatic carbocycles. The maximum Gasteiger partial charge on any atom is 0.332 e. The van der Waals surface area contributed by atoms with E-state index in [1.807, 2.05) is 6.92 Å². The molecule has 0 aromatic rings. The minimum absolute atomic E-state index is 0.0627. The maximum atomic E-state index is 12.1. The molecule has 4 unspecified atom stereocenters. The molecule has 3 heterocycles. The molecule has 1 amide bonds. The number of nitrogens with zero attached hydrogens (tertiary/aromatic N) is 2. The van der Waals surface area contributed by atoms with Crippen LogP contribution in [0.2, 0.25) is 0 Å². The zero-order valence-corrected chi connectivity index (χ0v) is 14.7. The number of fused-ring (bicyclic) bond motifs is 1. The van der Waals surface area contributed by atoms with Gasteiger partial charge in [0.15, 0.2) is 4.08 Å². The van der Waals surface area contributed by atoms with Crippen molar-refractivity contribution in [1.82, 2.24) is 10.2 Å². The van der Waals surface area contributed by atoms with Crippen LogP contribution >= 0.6 is 23.5 Å². The van der Waals surface area contributed by atoms with Crippen LogP contribution in [0.25, 0.3) is 0 Å². The maximum absolute atomic E-state index is 12.1. The van der Waals surface area contributed by atoms with Crippen molar-refractivity contribution < 1.29 is 19.8 Å². The van der Waals surface area contributed by atoms with Crippen molar-refractivity contribution in [2.45, 2.75) is 41.1 Å². The summed E-state index contributed by atoms with van der Waals surface area (Å²) < 4.78 is -1.07. The highest BCUT2D eigenvalue weighted by atomic mass is 32.2. The standard InChI is InChI=1S/C14H21N3O4S2/c1-3-9-15-4-8(5-16-9)22-14(13(20)21)6-17-11(19)10(7(2)18)12(17)23-14/h7-8,10,12,18H,3-6H2,1-2H3,(H,15,16)(H,20,21)/t7?,10?,12-,14?/m1/s1. The lowest BCUT2D eigenvalue weighted by molar-refractivity contribution is -0.155. The summed E-state index contributed by atoms with van der Waals surface area (Å²) in [4.78, 5) is 30.0. The number of hydrogen-bond acceptors (Lipinski definition) is 7. The van der Waals surface area contributed by atoms with E-state index >= 15 is 0 Å². The van der Waals surface area contributed by atoms with Gasteiger partial charge in [-0.05, 0) is 6.92 Å². The van der Waals surface area contributed by atoms with Gasteiger partial charge in [0, 0.05) is 18.2 Å². The van der Waals surface area contributed by atoms with Crippen LogP contribution in [-0.4, -0.2) is 73.3 Å². The van der Waals surface area contributed by atoms with Crippen molar-refractivity contribution in [3.63, 3.8) is 0 Å². The molecule has 2 saturated heterocycles. The number of nitrogens with one attached hydrogen (secondary N) is 1. The van der Waals surface area contributed by atoms with Crippen molar-refractivity contribution in [2.75, 3.05) is 19.6 Å². The highest BCUT2D eigenvalue weighted by molar-refractivity contribution is 8.20. The molecule has 5 atom stereocenters. The molecule has 9 heteroatoms. The van der Waals surface area contributed by atoms with Crippen LogP contribution in [-0.2, 0) is 9.59 Å². The number of aliphatic hydroxyl groups is 1. The molecule has 128 valence electrons. The van der Waals surface area contributed by atoms with E-state index in [9.17, 15) is 19.8 Å². The van der Waals surface area contributed by atoms with Crippen molar-refractivity contribution in [2.24, 2.45) is 10.9 Å². The van der Waals surface area contributed by atoms with Crippen LogP contribution < -0.4 is 5.32 Å². The Morgan fingerprint density at radius 3 is 2.91 bits per heavy atom. The van der Waals surface area contributed by atoms with Gasteiger partial charge >= 0.3 is 5.97 Å². The molecular formula is C14H21N3O4S2. The first-order chi connectivity index (χ1) is 10.9. The van der Waals surface area contributed by atoms with Gasteiger partial charge in [0.1, 0.15) is 0 Å². The summed E-state index contributed by atoms with van der Waals surface area (Å²) in [6.45, 7) is 5.07. The van der Waals surface area contributed by atoms with Gasteiger partial charge in [-0.25, -0.2) is 4.79 Å². The number of thioether (sulfide) groups is 2. The monoisotopic (exact) mass is 359 g/mol. The zero-order chi connectivity index (χ0) is 16.8. The van der Waals surface area contributed by atoms with Gasteiger partial charge in [0.2, 0.25) is 5.91 Å². The molecule has 0 aromatic heterocycles. The molecular weight excluding hydrogens is 338 g/mol. The summed E-state index contributed by atoms with van der Waals surface area (Å²) in [5, 5.41) is 22.6. The van der Waals surface area contributed by atoms with Gasteiger partial charge < -0.3 is 20.4 Å². The fourth-order valence-electron chi connectivity index (χ4n) is 3.14. The van der Waals surface area contributed by atoms with Gasteiger partial charge in [0.05, 0.1) is 36.3 Å². The summed E-state index contributed by atoms with van der Waals surface area (Å²) in [7, 11) is 0. The van der Waals surface area contributed by atoms with Gasteiger partial charge in [0.25, 0.3) is 0 Å². The van der Waals surface area contributed by atoms with Crippen molar-refractivity contribution in [3.05, 3.63) is 0 Å². The van der Waals surface area contributed by atoms with Crippen LogP contribution in [0.3, 0.4) is 0 Å². The largest absolute Gasteiger partial charge is 0.480 e. The first-order valence-electron chi connectivity index (χ1n) is 7.72. The molecule has 3 rings (SSSR count). The van der Waals surface area contributed by atoms with Crippen molar-refractivity contribution in [3.8, 4) is 0 Å². The number of carbonyl (C=O) groups is 2. The van der Waals surface area contributed by atoms with Gasteiger partial charge in [-0.3, -0.25) is 9.79 Å². The lowest BCUT2D eigenvalue weighted by Crippen LogP contribution is -2.60. The molecule has 3 N–H and O–H groups in total. The molecule has 3 aliphatic heterocycles. The van der Waals surface area contributed by atoms with E-state index in [1.54, 1.807) is 11.8 Å². The number of carboxylic acid groups (broad SMARTS) is 1. The van der Waals surface area contributed by atoms with Crippen LogP contribution in [0, 0.1) is 5.92 Å². The molecule has 0 spiro atoms. The molecule has 23 heavy (non-hydrogen) atoms. The molecule has 0 radical (unpaired) electrons. The van der Waals surface area contributed by atoms with E-state index in [0.717, 1.165) is 12.3 Å². The van der Waals surface area contributed by atoms with E-state index in [1.165, 1.54) is 23.5 Å². The molecule has 3 aliphatic rings. The molecule has 2 fully saturated rings. The Balaban J connectivity index is 1.72. The molecule has 0 saturated carbocycles. The van der Waals surface area contributed by atoms with E-state index in [-0.39, 0.29) is 23.1 Å². The normalized spacial score (nSPS) is 37.5. The van der Waals surface area contributed by atoms with Crippen LogP contribution in [0.5, 0.6) is 0 Å². The second-order valence-electron chi connectivity index (χ2n) is 6.06. The van der Waals surface area contributed by atoms with Gasteiger partial charge in [-0.1, -0.05) is 6.92 Å². The van der Waals surface area contributed by atoms with Crippen molar-refractivity contribution >= 4 is 41.2 Å².